The summed E-state index contributed by atoms with van der Waals surface area (Å²) in [5, 5.41) is 17.9. The van der Waals surface area contributed by atoms with Gasteiger partial charge in [-0.05, 0) is 32.0 Å². The molecule has 0 saturated carbocycles. The zero-order valence-corrected chi connectivity index (χ0v) is 19.1. The predicted molar refractivity (Wildman–Crippen MR) is 122 cm³/mol. The summed E-state index contributed by atoms with van der Waals surface area (Å²) in [7, 11) is 3.24. The first-order valence-electron chi connectivity index (χ1n) is 11.2. The average molecular weight is 492 g/mol. The maximum Gasteiger partial charge on any atom is 0.280 e. The minimum atomic E-state index is -2.98. The summed E-state index contributed by atoms with van der Waals surface area (Å²) >= 11 is 0. The summed E-state index contributed by atoms with van der Waals surface area (Å²) in [6, 6.07) is 2.10. The number of piperidine rings is 1. The third kappa shape index (κ3) is 4.22. The van der Waals surface area contributed by atoms with Gasteiger partial charge in [-0.1, -0.05) is 5.21 Å². The highest BCUT2D eigenvalue weighted by Crippen LogP contribution is 2.34. The van der Waals surface area contributed by atoms with Crippen molar-refractivity contribution in [3.05, 3.63) is 24.1 Å². The fraction of sp³-hybridized carbons (Fsp3) is 0.476. The number of hydrogen-bond acceptors (Lipinski definition) is 8. The Bertz CT molecular complexity index is 1370. The van der Waals surface area contributed by atoms with Gasteiger partial charge in [-0.3, -0.25) is 4.39 Å². The van der Waals surface area contributed by atoms with Crippen LogP contribution in [0.3, 0.4) is 0 Å². The number of alkyl halides is 3. The lowest BCUT2D eigenvalue weighted by Crippen LogP contribution is -2.53. The number of pyridine rings is 1. The van der Waals surface area contributed by atoms with E-state index in [2.05, 4.69) is 36.0 Å². The van der Waals surface area contributed by atoms with Crippen LogP contribution in [0.4, 0.5) is 29.3 Å². The van der Waals surface area contributed by atoms with E-state index in [1.54, 1.807) is 31.1 Å². The van der Waals surface area contributed by atoms with Crippen LogP contribution in [0, 0.1) is 5.82 Å². The average Bonchev–Trinajstić information content (AvgIpc) is 3.37. The summed E-state index contributed by atoms with van der Waals surface area (Å²) < 4.78 is 59.6. The Labute approximate surface area is 197 Å². The van der Waals surface area contributed by atoms with Crippen LogP contribution in [-0.2, 0) is 6.54 Å². The molecule has 1 fully saturated rings. The Balaban J connectivity index is 1.55. The van der Waals surface area contributed by atoms with Crippen molar-refractivity contribution in [2.75, 3.05) is 44.5 Å². The molecule has 1 saturated heterocycles. The molecule has 5 heterocycles. The smallest absolute Gasteiger partial charge is 0.280 e. The number of fused-ring (bicyclic) bond motifs is 2. The van der Waals surface area contributed by atoms with Gasteiger partial charge in [-0.15, -0.1) is 10.2 Å². The van der Waals surface area contributed by atoms with Crippen LogP contribution in [0.1, 0.15) is 12.8 Å². The van der Waals surface area contributed by atoms with Crippen LogP contribution in [0.25, 0.3) is 27.9 Å². The maximum absolute atomic E-state index is 15.2. The lowest BCUT2D eigenvalue weighted by molar-refractivity contribution is -0.0675. The van der Waals surface area contributed by atoms with Crippen molar-refractivity contribution >= 4 is 28.4 Å². The van der Waals surface area contributed by atoms with E-state index in [4.69, 9.17) is 0 Å². The molecule has 14 heteroatoms. The van der Waals surface area contributed by atoms with Crippen LogP contribution >= 0.6 is 0 Å². The van der Waals surface area contributed by atoms with E-state index in [0.29, 0.717) is 23.2 Å². The molecule has 0 amide bonds. The zero-order chi connectivity index (χ0) is 24.7. The van der Waals surface area contributed by atoms with Crippen LogP contribution in [0.15, 0.2) is 18.3 Å². The summed E-state index contributed by atoms with van der Waals surface area (Å²) in [5.74, 6) is -3.40. The van der Waals surface area contributed by atoms with Gasteiger partial charge in [-0.2, -0.15) is 4.98 Å². The molecule has 2 N–H and O–H groups in total. The van der Waals surface area contributed by atoms with Gasteiger partial charge in [0.25, 0.3) is 5.92 Å². The molecule has 5 rings (SSSR count). The van der Waals surface area contributed by atoms with Gasteiger partial charge < -0.3 is 15.5 Å². The molecule has 35 heavy (non-hydrogen) atoms. The molecule has 0 aliphatic carbocycles. The Hall–Kier alpha value is -3.55. The number of nitrogens with one attached hydrogen (secondary N) is 2. The van der Waals surface area contributed by atoms with E-state index in [0.717, 1.165) is 6.20 Å². The minimum absolute atomic E-state index is 0.0467. The molecule has 0 radical (unpaired) electrons. The lowest BCUT2D eigenvalue weighted by atomic mass is 10.0. The van der Waals surface area contributed by atoms with Crippen LogP contribution in [0.2, 0.25) is 0 Å². The number of hydrogen-bond donors (Lipinski definition) is 2. The molecule has 0 unspecified atom stereocenters. The van der Waals surface area contributed by atoms with Crippen molar-refractivity contribution in [2.24, 2.45) is 0 Å². The summed E-state index contributed by atoms with van der Waals surface area (Å²) in [5.41, 5.74) is 1.59. The summed E-state index contributed by atoms with van der Waals surface area (Å²) in [6.45, 7) is -0.104. The molecule has 4 aromatic heterocycles. The number of nitrogens with zero attached hydrogens (tertiary/aromatic N) is 8. The molecule has 0 spiro atoms. The van der Waals surface area contributed by atoms with Gasteiger partial charge in [0.15, 0.2) is 17.3 Å². The molecular formula is C21H24F4N10. The number of aryl methyl sites for hydroxylation is 1. The van der Waals surface area contributed by atoms with Crippen molar-refractivity contribution in [3.8, 4) is 11.3 Å². The van der Waals surface area contributed by atoms with Gasteiger partial charge in [0.2, 0.25) is 5.95 Å². The Morgan fingerprint density at radius 1 is 1.23 bits per heavy atom. The quantitative estimate of drug-likeness (QED) is 0.380. The Morgan fingerprint density at radius 3 is 2.80 bits per heavy atom. The first-order valence-corrected chi connectivity index (χ1v) is 11.2. The van der Waals surface area contributed by atoms with Crippen LogP contribution in [-0.4, -0.2) is 85.3 Å². The monoisotopic (exact) mass is 492 g/mol. The SMILES string of the molecule is CNc1nc(N[C@@H]2CCN(C)CC2(F)F)nn2cc(F)c(-c3ccc4nnn(CCCF)c4n3)c12. The Morgan fingerprint density at radius 2 is 2.06 bits per heavy atom. The highest BCUT2D eigenvalue weighted by atomic mass is 19.3. The topological polar surface area (TPSA) is 101 Å². The Kier molecular flexibility index (Phi) is 5.91. The molecule has 1 atom stereocenters. The van der Waals surface area contributed by atoms with Crippen LogP contribution in [0.5, 0.6) is 0 Å². The minimum Gasteiger partial charge on any atom is -0.371 e. The van der Waals surface area contributed by atoms with Gasteiger partial charge in [0.1, 0.15) is 11.0 Å². The molecular weight excluding hydrogens is 468 g/mol. The van der Waals surface area contributed by atoms with E-state index < -0.39 is 24.5 Å². The first-order chi connectivity index (χ1) is 16.8. The maximum atomic E-state index is 15.2. The third-order valence-corrected chi connectivity index (χ3v) is 6.03. The van der Waals surface area contributed by atoms with E-state index in [1.165, 1.54) is 9.20 Å². The van der Waals surface area contributed by atoms with Crippen LogP contribution < -0.4 is 10.6 Å². The second-order valence-electron chi connectivity index (χ2n) is 8.56. The predicted octanol–water partition coefficient (Wildman–Crippen LogP) is 2.83. The first kappa shape index (κ1) is 23.2. The molecule has 0 bridgehead atoms. The molecule has 1 aliphatic rings. The lowest BCUT2D eigenvalue weighted by Gasteiger charge is -2.36. The number of rotatable bonds is 7. The normalized spacial score (nSPS) is 18.4. The van der Waals surface area contributed by atoms with Crippen molar-refractivity contribution < 1.29 is 17.6 Å². The van der Waals surface area contributed by atoms with Crippen molar-refractivity contribution in [2.45, 2.75) is 31.4 Å². The number of likely N-dealkylation sites (tertiary alicyclic amines) is 1. The van der Waals surface area contributed by atoms with E-state index in [-0.39, 0.29) is 49.0 Å². The second-order valence-corrected chi connectivity index (χ2v) is 8.56. The van der Waals surface area contributed by atoms with Crippen molar-refractivity contribution in [1.82, 2.24) is 39.5 Å². The second kappa shape index (κ2) is 8.91. The highest BCUT2D eigenvalue weighted by molar-refractivity contribution is 5.89. The van der Waals surface area contributed by atoms with Gasteiger partial charge in [0.05, 0.1) is 36.7 Å². The van der Waals surface area contributed by atoms with E-state index in [1.807, 2.05) is 0 Å². The van der Waals surface area contributed by atoms with Gasteiger partial charge >= 0.3 is 0 Å². The third-order valence-electron chi connectivity index (χ3n) is 6.03. The fourth-order valence-electron chi connectivity index (χ4n) is 4.33. The fourth-order valence-corrected chi connectivity index (χ4v) is 4.33. The zero-order valence-electron chi connectivity index (χ0n) is 19.1. The number of anilines is 2. The van der Waals surface area contributed by atoms with Gasteiger partial charge in [-0.25, -0.2) is 27.4 Å². The number of aromatic nitrogens is 7. The molecule has 4 aromatic rings. The molecule has 0 aromatic carbocycles. The highest BCUT2D eigenvalue weighted by Gasteiger charge is 2.44. The largest absolute Gasteiger partial charge is 0.371 e. The molecule has 1 aliphatic heterocycles. The van der Waals surface area contributed by atoms with E-state index in [9.17, 15) is 13.2 Å². The van der Waals surface area contributed by atoms with Crippen molar-refractivity contribution in [3.63, 3.8) is 0 Å². The van der Waals surface area contributed by atoms with Crippen molar-refractivity contribution in [1.29, 1.82) is 0 Å². The molecule has 186 valence electrons. The standard InChI is InChI=1S/C21H24F4N10/c1-26-18-17-16(13-4-5-14-19(27-13)34(32-30-14)8-3-7-22)12(23)10-35(17)31-20(29-18)28-15-6-9-33(2)11-21(15,24)25/h4-5,10,15H,3,6-9,11H2,1-2H3,(H2,26,28,29,31)/t15-/m1/s1. The number of halogens is 4. The molecule has 10 nitrogen and oxygen atoms in total. The van der Waals surface area contributed by atoms with E-state index >= 15 is 4.39 Å². The summed E-state index contributed by atoms with van der Waals surface area (Å²) in [6.07, 6.45) is 1.60. The summed E-state index contributed by atoms with van der Waals surface area (Å²) in [4.78, 5) is 10.4. The van der Waals surface area contributed by atoms with Gasteiger partial charge in [0, 0.05) is 20.1 Å².